The van der Waals surface area contributed by atoms with E-state index in [1.54, 1.807) is 18.3 Å². The number of benzene rings is 1. The van der Waals surface area contributed by atoms with Crippen LogP contribution < -0.4 is 10.6 Å². The van der Waals surface area contributed by atoms with Crippen LogP contribution in [0.4, 0.5) is 5.82 Å². The Hall–Kier alpha value is -2.56. The number of aryl methyl sites for hydroxylation is 1. The first kappa shape index (κ1) is 13.9. The molecule has 20 heavy (non-hydrogen) atoms. The third kappa shape index (κ3) is 3.06. The topological polar surface area (TPSA) is 74.7 Å². The molecule has 0 aliphatic heterocycles. The molecule has 1 aromatic carbocycles. The van der Waals surface area contributed by atoms with Crippen molar-refractivity contribution in [2.75, 3.05) is 11.9 Å². The Morgan fingerprint density at radius 1 is 1.35 bits per heavy atom. The number of pyridine rings is 1. The SMILES string of the molecule is Cc1cccc(CN(C)c2ncccc2C(N)=NO)c1. The summed E-state index contributed by atoms with van der Waals surface area (Å²) >= 11 is 0. The fraction of sp³-hybridized carbons (Fsp3) is 0.200. The minimum absolute atomic E-state index is 0.0594. The summed E-state index contributed by atoms with van der Waals surface area (Å²) in [4.78, 5) is 6.29. The Morgan fingerprint density at radius 3 is 2.85 bits per heavy atom. The standard InChI is InChI=1S/C15H18N4O/c1-11-5-3-6-12(9-11)10-19(2)15-13(14(16)18-20)7-4-8-17-15/h3-9,20H,10H2,1-2H3,(H2,16,18). The summed E-state index contributed by atoms with van der Waals surface area (Å²) in [5.74, 6) is 0.744. The number of anilines is 1. The number of aromatic nitrogens is 1. The van der Waals surface area contributed by atoms with Crippen molar-refractivity contribution in [3.05, 3.63) is 59.3 Å². The zero-order chi connectivity index (χ0) is 14.5. The summed E-state index contributed by atoms with van der Waals surface area (Å²) < 4.78 is 0. The molecule has 1 aromatic heterocycles. The highest BCUT2D eigenvalue weighted by molar-refractivity contribution is 6.01. The highest BCUT2D eigenvalue weighted by atomic mass is 16.4. The number of hydrogen-bond acceptors (Lipinski definition) is 4. The summed E-state index contributed by atoms with van der Waals surface area (Å²) in [7, 11) is 1.93. The highest BCUT2D eigenvalue weighted by Gasteiger charge is 2.12. The molecule has 0 saturated carbocycles. The molecule has 104 valence electrons. The monoisotopic (exact) mass is 270 g/mol. The molecule has 0 radical (unpaired) electrons. The molecule has 0 bridgehead atoms. The summed E-state index contributed by atoms with van der Waals surface area (Å²) in [6, 6.07) is 11.8. The maximum Gasteiger partial charge on any atom is 0.173 e. The van der Waals surface area contributed by atoms with E-state index in [9.17, 15) is 0 Å². The number of rotatable bonds is 4. The van der Waals surface area contributed by atoms with E-state index < -0.39 is 0 Å². The maximum absolute atomic E-state index is 8.84. The van der Waals surface area contributed by atoms with Crippen LogP contribution in [0.5, 0.6) is 0 Å². The van der Waals surface area contributed by atoms with Crippen molar-refractivity contribution < 1.29 is 5.21 Å². The van der Waals surface area contributed by atoms with Crippen LogP contribution in [0.25, 0.3) is 0 Å². The number of nitrogens with zero attached hydrogens (tertiary/aromatic N) is 3. The van der Waals surface area contributed by atoms with E-state index >= 15 is 0 Å². The quantitative estimate of drug-likeness (QED) is 0.386. The fourth-order valence-corrected chi connectivity index (χ4v) is 2.11. The van der Waals surface area contributed by atoms with E-state index in [2.05, 4.69) is 35.3 Å². The summed E-state index contributed by atoms with van der Waals surface area (Å²) in [6.07, 6.45) is 1.69. The number of nitrogens with two attached hydrogens (primary N) is 1. The molecule has 3 N–H and O–H groups in total. The lowest BCUT2D eigenvalue weighted by Crippen LogP contribution is -2.23. The van der Waals surface area contributed by atoms with E-state index in [0.29, 0.717) is 17.9 Å². The third-order valence-corrected chi connectivity index (χ3v) is 3.03. The van der Waals surface area contributed by atoms with E-state index in [4.69, 9.17) is 10.9 Å². The van der Waals surface area contributed by atoms with Crippen molar-refractivity contribution in [1.29, 1.82) is 0 Å². The first-order valence-electron chi connectivity index (χ1n) is 6.31. The van der Waals surface area contributed by atoms with Crippen LogP contribution in [-0.2, 0) is 6.54 Å². The van der Waals surface area contributed by atoms with Crippen LogP contribution in [0, 0.1) is 6.92 Å². The average Bonchev–Trinajstić information content (AvgIpc) is 2.46. The zero-order valence-electron chi connectivity index (χ0n) is 11.6. The molecule has 2 aromatic rings. The Bertz CT molecular complexity index is 625. The van der Waals surface area contributed by atoms with Gasteiger partial charge in [0.2, 0.25) is 0 Å². The molecular weight excluding hydrogens is 252 g/mol. The van der Waals surface area contributed by atoms with Gasteiger partial charge in [0.25, 0.3) is 0 Å². The molecule has 0 unspecified atom stereocenters. The predicted octanol–water partition coefficient (Wildman–Crippen LogP) is 2.12. The molecule has 5 heteroatoms. The molecule has 0 saturated heterocycles. The Kier molecular flexibility index (Phi) is 4.20. The van der Waals surface area contributed by atoms with Crippen LogP contribution in [0.1, 0.15) is 16.7 Å². The smallest absolute Gasteiger partial charge is 0.173 e. The summed E-state index contributed by atoms with van der Waals surface area (Å²) in [6.45, 7) is 2.76. The molecule has 0 fully saturated rings. The van der Waals surface area contributed by atoms with Gasteiger partial charge in [-0.2, -0.15) is 0 Å². The lowest BCUT2D eigenvalue weighted by atomic mass is 10.1. The second-order valence-electron chi connectivity index (χ2n) is 4.70. The van der Waals surface area contributed by atoms with Gasteiger partial charge in [0.15, 0.2) is 5.84 Å². The van der Waals surface area contributed by atoms with Crippen molar-refractivity contribution in [2.45, 2.75) is 13.5 Å². The van der Waals surface area contributed by atoms with Crippen LogP contribution in [0.2, 0.25) is 0 Å². The molecular formula is C15H18N4O. The lowest BCUT2D eigenvalue weighted by molar-refractivity contribution is 0.318. The molecule has 0 atom stereocenters. The van der Waals surface area contributed by atoms with Gasteiger partial charge in [0.05, 0.1) is 5.56 Å². The minimum Gasteiger partial charge on any atom is -0.409 e. The minimum atomic E-state index is 0.0594. The second-order valence-corrected chi connectivity index (χ2v) is 4.70. The number of hydrogen-bond donors (Lipinski definition) is 2. The summed E-state index contributed by atoms with van der Waals surface area (Å²) in [5, 5.41) is 11.9. The van der Waals surface area contributed by atoms with Gasteiger partial charge in [-0.1, -0.05) is 35.0 Å². The van der Waals surface area contributed by atoms with Crippen molar-refractivity contribution >= 4 is 11.7 Å². The van der Waals surface area contributed by atoms with Crippen molar-refractivity contribution in [1.82, 2.24) is 4.98 Å². The van der Waals surface area contributed by atoms with Gasteiger partial charge < -0.3 is 15.8 Å². The Morgan fingerprint density at radius 2 is 2.15 bits per heavy atom. The van der Waals surface area contributed by atoms with Crippen molar-refractivity contribution in [3.63, 3.8) is 0 Å². The van der Waals surface area contributed by atoms with Gasteiger partial charge in [0, 0.05) is 19.8 Å². The van der Waals surface area contributed by atoms with Gasteiger partial charge in [-0.05, 0) is 24.6 Å². The van der Waals surface area contributed by atoms with Crippen LogP contribution in [0.15, 0.2) is 47.8 Å². The molecule has 0 amide bonds. The largest absolute Gasteiger partial charge is 0.409 e. The summed E-state index contributed by atoms with van der Waals surface area (Å²) in [5.41, 5.74) is 8.70. The first-order chi connectivity index (χ1) is 9.61. The van der Waals surface area contributed by atoms with Crippen LogP contribution in [0.3, 0.4) is 0 Å². The van der Waals surface area contributed by atoms with Gasteiger partial charge in [-0.15, -0.1) is 0 Å². The fourth-order valence-electron chi connectivity index (χ4n) is 2.11. The van der Waals surface area contributed by atoms with Crippen LogP contribution >= 0.6 is 0 Å². The first-order valence-corrected chi connectivity index (χ1v) is 6.31. The van der Waals surface area contributed by atoms with E-state index in [1.807, 2.05) is 18.0 Å². The molecule has 0 aliphatic carbocycles. The van der Waals surface area contributed by atoms with Gasteiger partial charge in [-0.3, -0.25) is 0 Å². The zero-order valence-corrected chi connectivity index (χ0v) is 11.6. The van der Waals surface area contributed by atoms with E-state index in [1.165, 1.54) is 11.1 Å². The van der Waals surface area contributed by atoms with Crippen molar-refractivity contribution in [2.24, 2.45) is 10.9 Å². The number of oxime groups is 1. The normalized spacial score (nSPS) is 11.4. The maximum atomic E-state index is 8.84. The molecule has 0 aliphatic rings. The Balaban J connectivity index is 2.28. The predicted molar refractivity (Wildman–Crippen MR) is 80.0 cm³/mol. The lowest BCUT2D eigenvalue weighted by Gasteiger charge is -2.20. The molecule has 5 nitrogen and oxygen atoms in total. The third-order valence-electron chi connectivity index (χ3n) is 3.03. The van der Waals surface area contributed by atoms with Crippen molar-refractivity contribution in [3.8, 4) is 0 Å². The highest BCUT2D eigenvalue weighted by Crippen LogP contribution is 2.18. The van der Waals surface area contributed by atoms with Gasteiger partial charge in [0.1, 0.15) is 5.82 Å². The van der Waals surface area contributed by atoms with E-state index in [0.717, 1.165) is 0 Å². The van der Waals surface area contributed by atoms with E-state index in [-0.39, 0.29) is 5.84 Å². The van der Waals surface area contributed by atoms with Gasteiger partial charge >= 0.3 is 0 Å². The molecule has 0 spiro atoms. The second kappa shape index (κ2) is 6.06. The Labute approximate surface area is 118 Å². The average molecular weight is 270 g/mol. The number of amidine groups is 1. The molecule has 1 heterocycles. The van der Waals surface area contributed by atoms with Crippen LogP contribution in [-0.4, -0.2) is 23.1 Å². The van der Waals surface area contributed by atoms with Gasteiger partial charge in [-0.25, -0.2) is 4.98 Å². The molecule has 2 rings (SSSR count).